The monoisotopic (exact) mass is 246 g/mol. The first kappa shape index (κ1) is 10.9. The summed E-state index contributed by atoms with van der Waals surface area (Å²) in [5, 5.41) is 1.10. The second kappa shape index (κ2) is 4.47. The van der Waals surface area contributed by atoms with E-state index in [2.05, 4.69) is 9.88 Å². The van der Waals surface area contributed by atoms with Crippen LogP contribution in [-0.2, 0) is 4.74 Å². The molecular weight excluding hydrogens is 236 g/mol. The van der Waals surface area contributed by atoms with E-state index in [1.54, 1.807) is 7.11 Å². The lowest BCUT2D eigenvalue weighted by Gasteiger charge is -2.13. The lowest BCUT2D eigenvalue weighted by atomic mass is 10.3. The zero-order chi connectivity index (χ0) is 10.8. The van der Waals surface area contributed by atoms with Gasteiger partial charge in [0.15, 0.2) is 16.6 Å². The number of nitrogens with zero attached hydrogens (tertiary/aromatic N) is 2. The number of carbonyl (C=O) groups excluding carboxylic acids is 1. The molecule has 2 rings (SSSR count). The van der Waals surface area contributed by atoms with Gasteiger partial charge in [-0.3, -0.25) is 4.79 Å². The third-order valence-electron chi connectivity index (χ3n) is 2.45. The summed E-state index contributed by atoms with van der Waals surface area (Å²) >= 11 is 7.13. The Morgan fingerprint density at radius 2 is 2.53 bits per heavy atom. The van der Waals surface area contributed by atoms with Crippen LogP contribution in [-0.4, -0.2) is 37.6 Å². The SMILES string of the molecule is CO[C@@H]1CCN(c2nc(Cl)c(C=O)s2)C1. The van der Waals surface area contributed by atoms with Crippen LogP contribution in [0.2, 0.25) is 5.15 Å². The van der Waals surface area contributed by atoms with Crippen molar-refractivity contribution in [3.63, 3.8) is 0 Å². The molecule has 1 aromatic rings. The number of methoxy groups -OCH3 is 1. The Morgan fingerprint density at radius 1 is 1.73 bits per heavy atom. The van der Waals surface area contributed by atoms with Crippen molar-refractivity contribution in [1.29, 1.82) is 0 Å². The van der Waals surface area contributed by atoms with Gasteiger partial charge < -0.3 is 9.64 Å². The second-order valence-electron chi connectivity index (χ2n) is 3.36. The molecule has 1 fully saturated rings. The fraction of sp³-hybridized carbons (Fsp3) is 0.556. The molecule has 82 valence electrons. The van der Waals surface area contributed by atoms with E-state index >= 15 is 0 Å². The van der Waals surface area contributed by atoms with Gasteiger partial charge in [-0.1, -0.05) is 22.9 Å². The van der Waals surface area contributed by atoms with Crippen LogP contribution in [0.5, 0.6) is 0 Å². The standard InChI is InChI=1S/C9H11ClN2O2S/c1-14-6-2-3-12(4-6)9-11-8(10)7(5-13)15-9/h5-6H,2-4H2,1H3/t6-/m1/s1. The summed E-state index contributed by atoms with van der Waals surface area (Å²) in [6.07, 6.45) is 1.99. The predicted octanol–water partition coefficient (Wildman–Crippen LogP) is 1.83. The molecule has 1 aromatic heterocycles. The minimum atomic E-state index is 0.257. The average molecular weight is 247 g/mol. The van der Waals surface area contributed by atoms with Gasteiger partial charge in [-0.2, -0.15) is 0 Å². The van der Waals surface area contributed by atoms with Crippen LogP contribution in [0.1, 0.15) is 16.1 Å². The van der Waals surface area contributed by atoms with Gasteiger partial charge in [0.2, 0.25) is 0 Å². The topological polar surface area (TPSA) is 42.4 Å². The zero-order valence-electron chi connectivity index (χ0n) is 8.27. The molecule has 0 amide bonds. The molecule has 0 aliphatic carbocycles. The van der Waals surface area contributed by atoms with Crippen molar-refractivity contribution in [3.05, 3.63) is 10.0 Å². The normalized spacial score (nSPS) is 20.9. The number of anilines is 1. The van der Waals surface area contributed by atoms with Crippen molar-refractivity contribution >= 4 is 34.4 Å². The van der Waals surface area contributed by atoms with Crippen LogP contribution in [0.3, 0.4) is 0 Å². The molecule has 0 saturated carbocycles. The Hall–Kier alpha value is -0.650. The van der Waals surface area contributed by atoms with E-state index in [1.165, 1.54) is 11.3 Å². The van der Waals surface area contributed by atoms with Gasteiger partial charge in [0.05, 0.1) is 6.10 Å². The highest BCUT2D eigenvalue weighted by molar-refractivity contribution is 7.17. The maximum absolute atomic E-state index is 10.6. The summed E-state index contributed by atoms with van der Waals surface area (Å²) in [5.74, 6) is 0. The van der Waals surface area contributed by atoms with Crippen LogP contribution >= 0.6 is 22.9 Å². The van der Waals surface area contributed by atoms with Gasteiger partial charge in [-0.05, 0) is 6.42 Å². The van der Waals surface area contributed by atoms with Crippen molar-refractivity contribution < 1.29 is 9.53 Å². The number of carbonyl (C=O) groups is 1. The minimum Gasteiger partial charge on any atom is -0.380 e. The summed E-state index contributed by atoms with van der Waals surface area (Å²) in [6.45, 7) is 1.72. The van der Waals surface area contributed by atoms with Crippen LogP contribution in [0.4, 0.5) is 5.13 Å². The first-order valence-corrected chi connectivity index (χ1v) is 5.83. The van der Waals surface area contributed by atoms with Gasteiger partial charge in [0, 0.05) is 20.2 Å². The molecule has 0 aromatic carbocycles. The summed E-state index contributed by atoms with van der Waals surface area (Å²) in [4.78, 5) is 17.4. The highest BCUT2D eigenvalue weighted by Crippen LogP contribution is 2.30. The Kier molecular flexibility index (Phi) is 3.23. The molecule has 2 heterocycles. The molecule has 1 aliphatic heterocycles. The molecule has 4 nitrogen and oxygen atoms in total. The number of aldehydes is 1. The first-order chi connectivity index (χ1) is 7.24. The molecule has 1 saturated heterocycles. The van der Waals surface area contributed by atoms with Crippen molar-refractivity contribution in [2.45, 2.75) is 12.5 Å². The number of hydrogen-bond donors (Lipinski definition) is 0. The van der Waals surface area contributed by atoms with Gasteiger partial charge >= 0.3 is 0 Å². The van der Waals surface area contributed by atoms with Crippen molar-refractivity contribution in [1.82, 2.24) is 4.98 Å². The van der Waals surface area contributed by atoms with Crippen molar-refractivity contribution in [3.8, 4) is 0 Å². The van der Waals surface area contributed by atoms with E-state index in [-0.39, 0.29) is 6.10 Å². The summed E-state index contributed by atoms with van der Waals surface area (Å²) in [6, 6.07) is 0. The number of thiazole rings is 1. The largest absolute Gasteiger partial charge is 0.380 e. The number of ether oxygens (including phenoxy) is 1. The lowest BCUT2D eigenvalue weighted by molar-refractivity contribution is 0.112. The van der Waals surface area contributed by atoms with Crippen LogP contribution in [0.25, 0.3) is 0 Å². The molecule has 15 heavy (non-hydrogen) atoms. The van der Waals surface area contributed by atoms with E-state index < -0.39 is 0 Å². The summed E-state index contributed by atoms with van der Waals surface area (Å²) in [7, 11) is 1.71. The van der Waals surface area contributed by atoms with Gasteiger partial charge in [0.1, 0.15) is 4.88 Å². The highest BCUT2D eigenvalue weighted by Gasteiger charge is 2.25. The Bertz CT molecular complexity index is 369. The summed E-state index contributed by atoms with van der Waals surface area (Å²) < 4.78 is 5.26. The third kappa shape index (κ3) is 2.14. The minimum absolute atomic E-state index is 0.257. The molecule has 6 heteroatoms. The predicted molar refractivity (Wildman–Crippen MR) is 60.1 cm³/mol. The van der Waals surface area contributed by atoms with Gasteiger partial charge in [0.25, 0.3) is 0 Å². The Balaban J connectivity index is 2.13. The van der Waals surface area contributed by atoms with E-state index in [1.807, 2.05) is 0 Å². The molecule has 1 atom stereocenters. The van der Waals surface area contributed by atoms with Crippen molar-refractivity contribution in [2.75, 3.05) is 25.1 Å². The molecule has 1 aliphatic rings. The van der Waals surface area contributed by atoms with Crippen LogP contribution in [0.15, 0.2) is 0 Å². The van der Waals surface area contributed by atoms with Crippen molar-refractivity contribution in [2.24, 2.45) is 0 Å². The fourth-order valence-electron chi connectivity index (χ4n) is 1.60. The number of rotatable bonds is 3. The number of halogens is 1. The highest BCUT2D eigenvalue weighted by atomic mass is 35.5. The Morgan fingerprint density at radius 3 is 3.07 bits per heavy atom. The van der Waals surface area contributed by atoms with E-state index in [4.69, 9.17) is 16.3 Å². The van der Waals surface area contributed by atoms with Gasteiger partial charge in [-0.25, -0.2) is 4.98 Å². The molecule has 0 radical (unpaired) electrons. The third-order valence-corrected chi connectivity index (χ3v) is 3.90. The van der Waals surface area contributed by atoms with E-state index in [0.29, 0.717) is 10.0 Å². The van der Waals surface area contributed by atoms with Crippen LogP contribution < -0.4 is 4.90 Å². The molecule has 0 unspecified atom stereocenters. The molecular formula is C9H11ClN2O2S. The van der Waals surface area contributed by atoms with E-state index in [9.17, 15) is 4.79 Å². The van der Waals surface area contributed by atoms with E-state index in [0.717, 1.165) is 30.9 Å². The maximum Gasteiger partial charge on any atom is 0.187 e. The lowest BCUT2D eigenvalue weighted by Crippen LogP contribution is -2.21. The number of hydrogen-bond acceptors (Lipinski definition) is 5. The molecule has 0 bridgehead atoms. The second-order valence-corrected chi connectivity index (χ2v) is 4.73. The van der Waals surface area contributed by atoms with Crippen LogP contribution in [0, 0.1) is 0 Å². The fourth-order valence-corrected chi connectivity index (χ4v) is 2.70. The molecule has 0 spiro atoms. The van der Waals surface area contributed by atoms with Gasteiger partial charge in [-0.15, -0.1) is 0 Å². The summed E-state index contributed by atoms with van der Waals surface area (Å²) in [5.41, 5.74) is 0. The maximum atomic E-state index is 10.6. The molecule has 0 N–H and O–H groups in total. The Labute approximate surface area is 96.8 Å². The number of aromatic nitrogens is 1. The average Bonchev–Trinajstić information content (AvgIpc) is 2.83. The quantitative estimate of drug-likeness (QED) is 0.764. The first-order valence-electron chi connectivity index (χ1n) is 4.64. The smallest absolute Gasteiger partial charge is 0.187 e. The zero-order valence-corrected chi connectivity index (χ0v) is 9.85.